The maximum atomic E-state index is 5.85. The first-order valence-electron chi connectivity index (χ1n) is 5.18. The molecule has 0 bridgehead atoms. The molecule has 0 aromatic carbocycles. The van der Waals surface area contributed by atoms with E-state index in [0.717, 1.165) is 31.1 Å². The number of rotatable bonds is 4. The number of thiazole rings is 1. The molecule has 1 aromatic heterocycles. The Balaban J connectivity index is 1.87. The Bertz CT molecular complexity index is 315. The van der Waals surface area contributed by atoms with Crippen LogP contribution < -0.4 is 5.73 Å². The Kier molecular flexibility index (Phi) is 3.69. The van der Waals surface area contributed by atoms with Gasteiger partial charge in [-0.15, -0.1) is 11.3 Å². The van der Waals surface area contributed by atoms with Gasteiger partial charge in [0.2, 0.25) is 0 Å². The summed E-state index contributed by atoms with van der Waals surface area (Å²) in [5, 5.41) is 1.16. The van der Waals surface area contributed by atoms with Crippen molar-refractivity contribution in [2.45, 2.75) is 25.6 Å². The quantitative estimate of drug-likeness (QED) is 0.827. The van der Waals surface area contributed by atoms with Gasteiger partial charge in [-0.3, -0.25) is 4.90 Å². The first-order chi connectivity index (χ1) is 7.28. The molecule has 4 nitrogen and oxygen atoms in total. The van der Waals surface area contributed by atoms with E-state index in [1.165, 1.54) is 4.88 Å². The van der Waals surface area contributed by atoms with Gasteiger partial charge in [-0.1, -0.05) is 0 Å². The highest BCUT2D eigenvalue weighted by Gasteiger charge is 2.19. The molecule has 1 fully saturated rings. The summed E-state index contributed by atoms with van der Waals surface area (Å²) in [5.41, 5.74) is 5.85. The lowest BCUT2D eigenvalue weighted by Crippen LogP contribution is -2.26. The molecule has 0 saturated carbocycles. The first kappa shape index (κ1) is 11.0. The first-order valence-corrected chi connectivity index (χ1v) is 6.00. The van der Waals surface area contributed by atoms with Crippen LogP contribution in [0.2, 0.25) is 0 Å². The van der Waals surface area contributed by atoms with Crippen molar-refractivity contribution in [1.29, 1.82) is 0 Å². The van der Waals surface area contributed by atoms with Gasteiger partial charge in [0.05, 0.1) is 18.0 Å². The van der Waals surface area contributed by atoms with Gasteiger partial charge in [-0.2, -0.15) is 0 Å². The summed E-state index contributed by atoms with van der Waals surface area (Å²) in [6, 6.07) is 0.350. The van der Waals surface area contributed by atoms with Crippen LogP contribution in [-0.2, 0) is 17.9 Å². The third kappa shape index (κ3) is 2.98. The average Bonchev–Trinajstić information content (AvgIpc) is 2.78. The monoisotopic (exact) mass is 227 g/mol. The molecule has 0 unspecified atom stereocenters. The van der Waals surface area contributed by atoms with E-state index in [9.17, 15) is 0 Å². The number of nitrogens with two attached hydrogens (primary N) is 1. The minimum Gasteiger partial charge on any atom is -0.379 e. The van der Waals surface area contributed by atoms with Gasteiger partial charge >= 0.3 is 0 Å². The molecule has 1 aliphatic rings. The second-order valence-corrected chi connectivity index (χ2v) is 5.14. The lowest BCUT2D eigenvalue weighted by molar-refractivity contribution is 0.187. The second kappa shape index (κ2) is 5.03. The molecule has 2 rings (SSSR count). The third-order valence-electron chi connectivity index (χ3n) is 2.56. The van der Waals surface area contributed by atoms with Crippen molar-refractivity contribution in [2.75, 3.05) is 20.2 Å². The molecular weight excluding hydrogens is 210 g/mol. The zero-order chi connectivity index (χ0) is 10.7. The highest BCUT2D eigenvalue weighted by Crippen LogP contribution is 2.18. The molecule has 2 N–H and O–H groups in total. The zero-order valence-electron chi connectivity index (χ0n) is 8.98. The van der Waals surface area contributed by atoms with E-state index in [4.69, 9.17) is 10.5 Å². The van der Waals surface area contributed by atoms with Gasteiger partial charge in [-0.25, -0.2) is 4.98 Å². The van der Waals surface area contributed by atoms with Gasteiger partial charge in [0.1, 0.15) is 5.01 Å². The van der Waals surface area contributed by atoms with Gasteiger partial charge in [0.25, 0.3) is 0 Å². The van der Waals surface area contributed by atoms with Gasteiger partial charge < -0.3 is 10.5 Å². The number of hydrogen-bond acceptors (Lipinski definition) is 5. The molecule has 1 saturated heterocycles. The highest BCUT2D eigenvalue weighted by molar-refractivity contribution is 7.11. The summed E-state index contributed by atoms with van der Waals surface area (Å²) < 4.78 is 5.07. The third-order valence-corrected chi connectivity index (χ3v) is 3.51. The Morgan fingerprint density at radius 2 is 2.60 bits per heavy atom. The minimum absolute atomic E-state index is 0.350. The van der Waals surface area contributed by atoms with E-state index >= 15 is 0 Å². The van der Waals surface area contributed by atoms with Crippen molar-refractivity contribution in [3.05, 3.63) is 16.1 Å². The topological polar surface area (TPSA) is 51.4 Å². The van der Waals surface area contributed by atoms with Crippen LogP contribution in [0.15, 0.2) is 6.20 Å². The summed E-state index contributed by atoms with van der Waals surface area (Å²) in [5.74, 6) is 0. The smallest absolute Gasteiger partial charge is 0.107 e. The molecule has 0 radical (unpaired) electrons. The van der Waals surface area contributed by atoms with Gasteiger partial charge in [0, 0.05) is 32.4 Å². The molecular formula is C10H17N3OS. The number of hydrogen-bond donors (Lipinski definition) is 1. The standard InChI is InChI=1S/C10H17N3OS/c1-14-7-9-4-12-10(15-9)6-13-3-2-8(11)5-13/h4,8H,2-3,5-7,11H2,1H3/t8-/m0/s1. The van der Waals surface area contributed by atoms with Crippen LogP contribution in [0, 0.1) is 0 Å². The minimum atomic E-state index is 0.350. The van der Waals surface area contributed by atoms with Crippen LogP contribution >= 0.6 is 11.3 Å². The van der Waals surface area contributed by atoms with Crippen LogP contribution in [0.3, 0.4) is 0 Å². The van der Waals surface area contributed by atoms with E-state index in [2.05, 4.69) is 9.88 Å². The van der Waals surface area contributed by atoms with Crippen molar-refractivity contribution in [2.24, 2.45) is 5.73 Å². The fraction of sp³-hybridized carbons (Fsp3) is 0.700. The molecule has 0 aliphatic carbocycles. The summed E-state index contributed by atoms with van der Waals surface area (Å²) in [6.45, 7) is 3.69. The second-order valence-electron chi connectivity index (χ2n) is 3.94. The van der Waals surface area contributed by atoms with Crippen molar-refractivity contribution < 1.29 is 4.74 Å². The molecule has 0 amide bonds. The summed E-state index contributed by atoms with van der Waals surface area (Å²) in [7, 11) is 1.71. The maximum Gasteiger partial charge on any atom is 0.107 e. The zero-order valence-corrected chi connectivity index (χ0v) is 9.80. The molecule has 1 aliphatic heterocycles. The maximum absolute atomic E-state index is 5.85. The van der Waals surface area contributed by atoms with E-state index < -0.39 is 0 Å². The lowest BCUT2D eigenvalue weighted by atomic mass is 10.3. The lowest BCUT2D eigenvalue weighted by Gasteiger charge is -2.12. The fourth-order valence-electron chi connectivity index (χ4n) is 1.83. The Morgan fingerprint density at radius 3 is 3.27 bits per heavy atom. The van der Waals surface area contributed by atoms with Crippen LogP contribution in [-0.4, -0.2) is 36.1 Å². The number of likely N-dealkylation sites (tertiary alicyclic amines) is 1. The molecule has 5 heteroatoms. The van der Waals surface area contributed by atoms with Gasteiger partial charge in [-0.05, 0) is 6.42 Å². The Hall–Kier alpha value is -0.490. The van der Waals surface area contributed by atoms with Crippen molar-refractivity contribution in [3.8, 4) is 0 Å². The van der Waals surface area contributed by atoms with Crippen molar-refractivity contribution >= 4 is 11.3 Å². The molecule has 1 atom stereocenters. The van der Waals surface area contributed by atoms with E-state index in [-0.39, 0.29) is 0 Å². The van der Waals surface area contributed by atoms with Crippen LogP contribution in [0.1, 0.15) is 16.3 Å². The summed E-state index contributed by atoms with van der Waals surface area (Å²) in [4.78, 5) is 7.93. The molecule has 2 heterocycles. The van der Waals surface area contributed by atoms with Gasteiger partial charge in [0.15, 0.2) is 0 Å². The number of aromatic nitrogens is 1. The predicted octanol–water partition coefficient (Wildman–Crippen LogP) is 0.823. The molecule has 1 aromatic rings. The van der Waals surface area contributed by atoms with Crippen LogP contribution in [0.4, 0.5) is 0 Å². The highest BCUT2D eigenvalue weighted by atomic mass is 32.1. The van der Waals surface area contributed by atoms with Crippen LogP contribution in [0.25, 0.3) is 0 Å². The number of nitrogens with zero attached hydrogens (tertiary/aromatic N) is 2. The summed E-state index contributed by atoms with van der Waals surface area (Å²) in [6.07, 6.45) is 3.01. The molecule has 15 heavy (non-hydrogen) atoms. The molecule has 0 spiro atoms. The summed E-state index contributed by atoms with van der Waals surface area (Å²) >= 11 is 1.73. The van der Waals surface area contributed by atoms with E-state index in [0.29, 0.717) is 12.6 Å². The SMILES string of the molecule is COCc1cnc(CN2CC[C@H](N)C2)s1. The van der Waals surface area contributed by atoms with Crippen molar-refractivity contribution in [3.63, 3.8) is 0 Å². The van der Waals surface area contributed by atoms with Crippen LogP contribution in [0.5, 0.6) is 0 Å². The predicted molar refractivity (Wildman–Crippen MR) is 60.7 cm³/mol. The Labute approximate surface area is 94.1 Å². The normalized spacial score (nSPS) is 22.4. The fourth-order valence-corrected chi connectivity index (χ4v) is 2.76. The van der Waals surface area contributed by atoms with E-state index in [1.807, 2.05) is 6.20 Å². The van der Waals surface area contributed by atoms with E-state index in [1.54, 1.807) is 18.4 Å². The average molecular weight is 227 g/mol. The van der Waals surface area contributed by atoms with Crippen molar-refractivity contribution in [1.82, 2.24) is 9.88 Å². The molecule has 84 valence electrons. The number of ether oxygens (including phenoxy) is 1. The number of methoxy groups -OCH3 is 1. The Morgan fingerprint density at radius 1 is 1.73 bits per heavy atom. The largest absolute Gasteiger partial charge is 0.379 e.